The highest BCUT2D eigenvalue weighted by Crippen LogP contribution is 2.33. The van der Waals surface area contributed by atoms with E-state index >= 15 is 0 Å². The number of ether oxygens (including phenoxy) is 1. The summed E-state index contributed by atoms with van der Waals surface area (Å²) >= 11 is 6.63. The lowest BCUT2D eigenvalue weighted by atomic mass is 10.2. The molecule has 1 N–H and O–H groups in total. The third-order valence-corrected chi connectivity index (χ3v) is 5.51. The minimum Gasteiger partial charge on any atom is -0.497 e. The Labute approximate surface area is 173 Å². The van der Waals surface area contributed by atoms with E-state index in [4.69, 9.17) is 17.0 Å². The van der Waals surface area contributed by atoms with Gasteiger partial charge in [-0.25, -0.2) is 0 Å². The van der Waals surface area contributed by atoms with E-state index in [-0.39, 0.29) is 11.8 Å². The lowest BCUT2D eigenvalue weighted by molar-refractivity contribution is -0.122. The molecule has 0 spiro atoms. The van der Waals surface area contributed by atoms with E-state index < -0.39 is 0 Å². The van der Waals surface area contributed by atoms with E-state index in [0.29, 0.717) is 28.6 Å². The first-order chi connectivity index (χ1) is 13.6. The Morgan fingerprint density at radius 1 is 1.18 bits per heavy atom. The van der Waals surface area contributed by atoms with Gasteiger partial charge in [0, 0.05) is 18.7 Å². The van der Waals surface area contributed by atoms with Crippen molar-refractivity contribution in [2.45, 2.75) is 12.8 Å². The number of methoxy groups -OCH3 is 1. The second-order valence-corrected chi connectivity index (χ2v) is 7.80. The Bertz CT molecular complexity index is 896. The van der Waals surface area contributed by atoms with Gasteiger partial charge >= 0.3 is 0 Å². The van der Waals surface area contributed by atoms with E-state index in [1.54, 1.807) is 12.0 Å². The molecule has 0 unspecified atom stereocenters. The number of nitrogens with zero attached hydrogens (tertiary/aromatic N) is 1. The van der Waals surface area contributed by atoms with Crippen molar-refractivity contribution < 1.29 is 14.3 Å². The fourth-order valence-electron chi connectivity index (χ4n) is 2.69. The molecule has 0 saturated carbocycles. The number of anilines is 1. The smallest absolute Gasteiger partial charge is 0.266 e. The predicted molar refractivity (Wildman–Crippen MR) is 117 cm³/mol. The van der Waals surface area contributed by atoms with Gasteiger partial charge in [-0.05, 0) is 42.3 Å². The van der Waals surface area contributed by atoms with Gasteiger partial charge < -0.3 is 10.1 Å². The maximum Gasteiger partial charge on any atom is 0.266 e. The fourth-order valence-corrected chi connectivity index (χ4v) is 4.00. The van der Waals surface area contributed by atoms with E-state index in [2.05, 4.69) is 5.32 Å². The molecule has 7 heteroatoms. The average Bonchev–Trinajstić information content (AvgIpc) is 2.96. The molecule has 0 atom stereocenters. The zero-order chi connectivity index (χ0) is 19.9. The number of rotatable bonds is 7. The van der Waals surface area contributed by atoms with Gasteiger partial charge in [0.15, 0.2) is 0 Å². The lowest BCUT2D eigenvalue weighted by Gasteiger charge is -2.14. The molecule has 5 nitrogen and oxygen atoms in total. The normalized spacial score (nSPS) is 15.2. The molecule has 144 valence electrons. The largest absolute Gasteiger partial charge is 0.497 e. The number of amides is 2. The van der Waals surface area contributed by atoms with Crippen LogP contribution >= 0.6 is 24.0 Å². The van der Waals surface area contributed by atoms with E-state index in [0.717, 1.165) is 17.0 Å². The molecule has 1 aliphatic rings. The average molecular weight is 413 g/mol. The molecule has 28 heavy (non-hydrogen) atoms. The topological polar surface area (TPSA) is 58.6 Å². The number of thiocarbonyl (C=S) groups is 1. The summed E-state index contributed by atoms with van der Waals surface area (Å²) in [4.78, 5) is 26.8. The van der Waals surface area contributed by atoms with Crippen LogP contribution in [0.4, 0.5) is 5.69 Å². The molecule has 1 saturated heterocycles. The van der Waals surface area contributed by atoms with Gasteiger partial charge in [-0.1, -0.05) is 54.3 Å². The molecular weight excluding hydrogens is 392 g/mol. The van der Waals surface area contributed by atoms with E-state index in [1.807, 2.05) is 60.7 Å². The SMILES string of the molecule is COc1ccc(/C=C2/SC(=S)N(CCCC(=O)Nc3ccccc3)C2=O)cc1. The molecule has 1 heterocycles. The van der Waals surface area contributed by atoms with Crippen LogP contribution in [0.25, 0.3) is 6.08 Å². The van der Waals surface area contributed by atoms with Gasteiger partial charge in [0.25, 0.3) is 5.91 Å². The summed E-state index contributed by atoms with van der Waals surface area (Å²) in [6.45, 7) is 0.423. The first-order valence-electron chi connectivity index (χ1n) is 8.81. The van der Waals surface area contributed by atoms with Crippen LogP contribution < -0.4 is 10.1 Å². The minimum absolute atomic E-state index is 0.0783. The zero-order valence-electron chi connectivity index (χ0n) is 15.4. The number of carbonyl (C=O) groups excluding carboxylic acids is 2. The molecule has 1 fully saturated rings. The number of hydrogen-bond acceptors (Lipinski definition) is 5. The van der Waals surface area contributed by atoms with Gasteiger partial charge in [-0.3, -0.25) is 14.5 Å². The van der Waals surface area contributed by atoms with Gasteiger partial charge in [0.05, 0.1) is 12.0 Å². The van der Waals surface area contributed by atoms with Crippen LogP contribution in [0.3, 0.4) is 0 Å². The molecule has 3 rings (SSSR count). The summed E-state index contributed by atoms with van der Waals surface area (Å²) in [6, 6.07) is 16.8. The third kappa shape index (κ3) is 5.21. The molecule has 0 bridgehead atoms. The van der Waals surface area contributed by atoms with Crippen LogP contribution in [-0.2, 0) is 9.59 Å². The molecular formula is C21H20N2O3S2. The van der Waals surface area contributed by atoms with Gasteiger partial charge in [-0.2, -0.15) is 0 Å². The Morgan fingerprint density at radius 3 is 2.57 bits per heavy atom. The van der Waals surface area contributed by atoms with E-state index in [9.17, 15) is 9.59 Å². The Balaban J connectivity index is 1.53. The van der Waals surface area contributed by atoms with Crippen LogP contribution in [0.5, 0.6) is 5.75 Å². The highest BCUT2D eigenvalue weighted by Gasteiger charge is 2.31. The molecule has 2 aromatic carbocycles. The fraction of sp³-hybridized carbons (Fsp3) is 0.190. The van der Waals surface area contributed by atoms with Crippen LogP contribution in [0.1, 0.15) is 18.4 Å². The summed E-state index contributed by atoms with van der Waals surface area (Å²) in [5, 5.41) is 2.84. The minimum atomic E-state index is -0.116. The maximum absolute atomic E-state index is 12.6. The first kappa shape index (κ1) is 20.1. The summed E-state index contributed by atoms with van der Waals surface area (Å²) in [5.74, 6) is 0.568. The molecule has 0 radical (unpaired) electrons. The molecule has 1 aliphatic heterocycles. The van der Waals surface area contributed by atoms with Gasteiger partial charge in [0.1, 0.15) is 10.1 Å². The summed E-state index contributed by atoms with van der Waals surface area (Å²) < 4.78 is 5.66. The highest BCUT2D eigenvalue weighted by atomic mass is 32.2. The van der Waals surface area contributed by atoms with Crippen molar-refractivity contribution in [1.82, 2.24) is 4.90 Å². The van der Waals surface area contributed by atoms with Crippen LogP contribution in [-0.4, -0.2) is 34.7 Å². The summed E-state index contributed by atoms with van der Waals surface area (Å²) in [6.07, 6.45) is 2.69. The second-order valence-electron chi connectivity index (χ2n) is 6.12. The van der Waals surface area contributed by atoms with Crippen molar-refractivity contribution in [3.63, 3.8) is 0 Å². The summed E-state index contributed by atoms with van der Waals surface area (Å²) in [7, 11) is 1.61. The standard InChI is InChI=1S/C21H20N2O3S2/c1-26-17-11-9-15(10-12-17)14-18-20(25)23(21(27)28-18)13-5-8-19(24)22-16-6-3-2-4-7-16/h2-4,6-7,9-12,14H,5,8,13H2,1H3,(H,22,24)/b18-14+. The Morgan fingerprint density at radius 2 is 1.89 bits per heavy atom. The number of benzene rings is 2. The molecule has 0 aromatic heterocycles. The number of hydrogen-bond donors (Lipinski definition) is 1. The number of thioether (sulfide) groups is 1. The summed E-state index contributed by atoms with van der Waals surface area (Å²) in [5.41, 5.74) is 1.67. The van der Waals surface area contributed by atoms with Gasteiger partial charge in [0.2, 0.25) is 5.91 Å². The van der Waals surface area contributed by atoms with Crippen molar-refractivity contribution >= 4 is 51.9 Å². The lowest BCUT2D eigenvalue weighted by Crippen LogP contribution is -2.29. The van der Waals surface area contributed by atoms with Gasteiger partial charge in [-0.15, -0.1) is 0 Å². The van der Waals surface area contributed by atoms with Crippen molar-refractivity contribution in [3.05, 3.63) is 65.1 Å². The van der Waals surface area contributed by atoms with Crippen molar-refractivity contribution in [1.29, 1.82) is 0 Å². The maximum atomic E-state index is 12.6. The third-order valence-electron chi connectivity index (χ3n) is 4.13. The van der Waals surface area contributed by atoms with Crippen molar-refractivity contribution in [2.24, 2.45) is 0 Å². The molecule has 2 amide bonds. The predicted octanol–water partition coefficient (Wildman–Crippen LogP) is 4.32. The quantitative estimate of drug-likeness (QED) is 0.542. The number of carbonyl (C=O) groups is 2. The van der Waals surface area contributed by atoms with Crippen molar-refractivity contribution in [2.75, 3.05) is 19.0 Å². The monoisotopic (exact) mass is 412 g/mol. The molecule has 2 aromatic rings. The number of para-hydroxylation sites is 1. The zero-order valence-corrected chi connectivity index (χ0v) is 17.0. The number of nitrogens with one attached hydrogen (secondary N) is 1. The molecule has 0 aliphatic carbocycles. The highest BCUT2D eigenvalue weighted by molar-refractivity contribution is 8.26. The van der Waals surface area contributed by atoms with Crippen molar-refractivity contribution in [3.8, 4) is 5.75 Å². The van der Waals surface area contributed by atoms with Crippen LogP contribution in [0.15, 0.2) is 59.5 Å². The van der Waals surface area contributed by atoms with Crippen LogP contribution in [0, 0.1) is 0 Å². The Kier molecular flexibility index (Phi) is 6.84. The first-order valence-corrected chi connectivity index (χ1v) is 10.0. The van der Waals surface area contributed by atoms with Crippen LogP contribution in [0.2, 0.25) is 0 Å². The second kappa shape index (κ2) is 9.52. The van der Waals surface area contributed by atoms with E-state index in [1.165, 1.54) is 11.8 Å². The Hall–Kier alpha value is -2.64.